The minimum Gasteiger partial charge on any atom is -0.497 e. The van der Waals surface area contributed by atoms with E-state index in [1.165, 1.54) is 6.42 Å². The molecule has 6 heteroatoms. The number of esters is 1. The number of urea groups is 1. The monoisotopic (exact) mass is 348 g/mol. The quantitative estimate of drug-likeness (QED) is 0.741. The predicted molar refractivity (Wildman–Crippen MR) is 95.5 cm³/mol. The second-order valence-corrected chi connectivity index (χ2v) is 6.29. The van der Waals surface area contributed by atoms with Gasteiger partial charge in [-0.3, -0.25) is 4.79 Å². The van der Waals surface area contributed by atoms with Crippen LogP contribution in [0.3, 0.4) is 0 Å². The average molecular weight is 348 g/mol. The van der Waals surface area contributed by atoms with E-state index >= 15 is 0 Å². The maximum atomic E-state index is 12.4. The highest BCUT2D eigenvalue weighted by Crippen LogP contribution is 2.23. The van der Waals surface area contributed by atoms with Crippen LogP contribution in [0.2, 0.25) is 0 Å². The molecule has 0 aromatic heterocycles. The first-order valence-electron chi connectivity index (χ1n) is 8.99. The molecule has 0 unspecified atom stereocenters. The number of benzene rings is 1. The van der Waals surface area contributed by atoms with Crippen LogP contribution < -0.4 is 15.4 Å². The summed E-state index contributed by atoms with van der Waals surface area (Å²) in [5.41, 5.74) is 0.811. The van der Waals surface area contributed by atoms with Crippen molar-refractivity contribution in [1.29, 1.82) is 0 Å². The number of amides is 2. The number of nitrogens with one attached hydrogen (secondary N) is 2. The van der Waals surface area contributed by atoms with E-state index in [0.29, 0.717) is 12.4 Å². The molecule has 1 aromatic carbocycles. The zero-order valence-corrected chi connectivity index (χ0v) is 15.0. The molecule has 0 saturated heterocycles. The van der Waals surface area contributed by atoms with E-state index < -0.39 is 6.04 Å². The fourth-order valence-electron chi connectivity index (χ4n) is 3.13. The van der Waals surface area contributed by atoms with Gasteiger partial charge in [0, 0.05) is 6.04 Å². The minimum absolute atomic E-state index is 0.0824. The summed E-state index contributed by atoms with van der Waals surface area (Å²) in [6.07, 6.45) is 5.62. The number of rotatable bonds is 7. The Labute approximate surface area is 149 Å². The van der Waals surface area contributed by atoms with Gasteiger partial charge in [-0.2, -0.15) is 0 Å². The van der Waals surface area contributed by atoms with Crippen molar-refractivity contribution in [2.24, 2.45) is 0 Å². The van der Waals surface area contributed by atoms with Crippen molar-refractivity contribution in [2.75, 3.05) is 13.7 Å². The second-order valence-electron chi connectivity index (χ2n) is 6.29. The van der Waals surface area contributed by atoms with E-state index in [9.17, 15) is 9.59 Å². The van der Waals surface area contributed by atoms with E-state index in [1.54, 1.807) is 14.0 Å². The first-order chi connectivity index (χ1) is 12.1. The van der Waals surface area contributed by atoms with Crippen LogP contribution >= 0.6 is 0 Å². The standard InChI is InChI=1S/C19H28N2O4/c1-3-25-18(22)13-17(14-8-7-11-16(12-14)24-2)21-19(23)20-15-9-5-4-6-10-15/h7-8,11-12,15,17H,3-6,9-10,13H2,1-2H3,(H2,20,21,23)/t17-/m0/s1. The summed E-state index contributed by atoms with van der Waals surface area (Å²) in [6, 6.07) is 6.86. The van der Waals surface area contributed by atoms with Gasteiger partial charge in [-0.25, -0.2) is 4.79 Å². The van der Waals surface area contributed by atoms with E-state index in [-0.39, 0.29) is 24.5 Å². The highest BCUT2D eigenvalue weighted by atomic mass is 16.5. The Balaban J connectivity index is 2.04. The van der Waals surface area contributed by atoms with Crippen molar-refractivity contribution < 1.29 is 19.1 Å². The Bertz CT molecular complexity index is 570. The Kier molecular flexibility index (Phi) is 7.57. The zero-order chi connectivity index (χ0) is 18.1. The van der Waals surface area contributed by atoms with Crippen molar-refractivity contribution in [2.45, 2.75) is 57.5 Å². The normalized spacial score (nSPS) is 15.9. The second kappa shape index (κ2) is 9.91. The molecule has 2 amide bonds. The third kappa shape index (κ3) is 6.29. The molecule has 1 aliphatic rings. The first-order valence-corrected chi connectivity index (χ1v) is 8.99. The third-order valence-corrected chi connectivity index (χ3v) is 4.42. The van der Waals surface area contributed by atoms with Crippen molar-refractivity contribution in [1.82, 2.24) is 10.6 Å². The highest BCUT2D eigenvalue weighted by molar-refractivity contribution is 5.77. The van der Waals surface area contributed by atoms with Crippen LogP contribution in [-0.2, 0) is 9.53 Å². The van der Waals surface area contributed by atoms with Gasteiger partial charge in [-0.05, 0) is 37.5 Å². The summed E-state index contributed by atoms with van der Waals surface area (Å²) in [6.45, 7) is 2.08. The van der Waals surface area contributed by atoms with Crippen LogP contribution in [0.5, 0.6) is 5.75 Å². The first kappa shape index (κ1) is 19.1. The number of carbonyl (C=O) groups is 2. The number of ether oxygens (including phenoxy) is 2. The lowest BCUT2D eigenvalue weighted by Gasteiger charge is -2.25. The fourth-order valence-corrected chi connectivity index (χ4v) is 3.13. The Morgan fingerprint density at radius 2 is 2.00 bits per heavy atom. The van der Waals surface area contributed by atoms with Gasteiger partial charge >= 0.3 is 12.0 Å². The van der Waals surface area contributed by atoms with Gasteiger partial charge in [-0.1, -0.05) is 31.4 Å². The van der Waals surface area contributed by atoms with Gasteiger partial charge in [0.2, 0.25) is 0 Å². The van der Waals surface area contributed by atoms with Crippen LogP contribution in [0.25, 0.3) is 0 Å². The van der Waals surface area contributed by atoms with Crippen molar-refractivity contribution in [3.05, 3.63) is 29.8 Å². The van der Waals surface area contributed by atoms with Crippen LogP contribution in [-0.4, -0.2) is 31.8 Å². The van der Waals surface area contributed by atoms with Crippen LogP contribution in [0, 0.1) is 0 Å². The molecule has 25 heavy (non-hydrogen) atoms. The van der Waals surface area contributed by atoms with Crippen molar-refractivity contribution >= 4 is 12.0 Å². The molecule has 0 spiro atoms. The SMILES string of the molecule is CCOC(=O)C[C@H](NC(=O)NC1CCCCC1)c1cccc(OC)c1. The summed E-state index contributed by atoms with van der Waals surface area (Å²) in [7, 11) is 1.59. The average Bonchev–Trinajstić information content (AvgIpc) is 2.62. The van der Waals surface area contributed by atoms with Gasteiger partial charge in [-0.15, -0.1) is 0 Å². The smallest absolute Gasteiger partial charge is 0.315 e. The number of hydrogen-bond donors (Lipinski definition) is 2. The number of carbonyl (C=O) groups excluding carboxylic acids is 2. The minimum atomic E-state index is -0.460. The molecule has 0 aliphatic heterocycles. The molecule has 2 rings (SSSR count). The molecule has 0 heterocycles. The summed E-state index contributed by atoms with van der Waals surface area (Å²) in [5.74, 6) is 0.342. The molecule has 1 saturated carbocycles. The summed E-state index contributed by atoms with van der Waals surface area (Å²) in [5, 5.41) is 5.93. The Hall–Kier alpha value is -2.24. The van der Waals surface area contributed by atoms with E-state index in [0.717, 1.165) is 31.2 Å². The van der Waals surface area contributed by atoms with Crippen molar-refractivity contribution in [3.8, 4) is 5.75 Å². The maximum absolute atomic E-state index is 12.4. The summed E-state index contributed by atoms with van der Waals surface area (Å²) < 4.78 is 10.3. The third-order valence-electron chi connectivity index (χ3n) is 4.42. The fraction of sp³-hybridized carbons (Fsp3) is 0.579. The Morgan fingerprint density at radius 1 is 1.24 bits per heavy atom. The number of hydrogen-bond acceptors (Lipinski definition) is 4. The van der Waals surface area contributed by atoms with E-state index in [4.69, 9.17) is 9.47 Å². The summed E-state index contributed by atoms with van der Waals surface area (Å²) in [4.78, 5) is 24.3. The van der Waals surface area contributed by atoms with Gasteiger partial charge in [0.25, 0.3) is 0 Å². The summed E-state index contributed by atoms with van der Waals surface area (Å²) >= 11 is 0. The molecule has 0 bridgehead atoms. The molecule has 0 radical (unpaired) electrons. The largest absolute Gasteiger partial charge is 0.497 e. The lowest BCUT2D eigenvalue weighted by Crippen LogP contribution is -2.44. The highest BCUT2D eigenvalue weighted by Gasteiger charge is 2.22. The van der Waals surface area contributed by atoms with E-state index in [2.05, 4.69) is 10.6 Å². The van der Waals surface area contributed by atoms with Gasteiger partial charge < -0.3 is 20.1 Å². The predicted octanol–water partition coefficient (Wildman–Crippen LogP) is 3.32. The molecular weight excluding hydrogens is 320 g/mol. The molecule has 6 nitrogen and oxygen atoms in total. The molecular formula is C19H28N2O4. The topological polar surface area (TPSA) is 76.7 Å². The van der Waals surface area contributed by atoms with E-state index in [1.807, 2.05) is 24.3 Å². The van der Waals surface area contributed by atoms with Gasteiger partial charge in [0.15, 0.2) is 0 Å². The van der Waals surface area contributed by atoms with Crippen LogP contribution in [0.15, 0.2) is 24.3 Å². The molecule has 138 valence electrons. The van der Waals surface area contributed by atoms with Crippen LogP contribution in [0.1, 0.15) is 57.1 Å². The van der Waals surface area contributed by atoms with Crippen molar-refractivity contribution in [3.63, 3.8) is 0 Å². The molecule has 1 fully saturated rings. The zero-order valence-electron chi connectivity index (χ0n) is 15.0. The van der Waals surface area contributed by atoms with Crippen LogP contribution in [0.4, 0.5) is 4.79 Å². The molecule has 2 N–H and O–H groups in total. The molecule has 1 atom stereocenters. The van der Waals surface area contributed by atoms with Gasteiger partial charge in [0.1, 0.15) is 5.75 Å². The molecule has 1 aromatic rings. The Morgan fingerprint density at radius 3 is 2.68 bits per heavy atom. The lowest BCUT2D eigenvalue weighted by molar-refractivity contribution is -0.143. The maximum Gasteiger partial charge on any atom is 0.315 e. The lowest BCUT2D eigenvalue weighted by atomic mass is 9.96. The number of methoxy groups -OCH3 is 1. The molecule has 1 aliphatic carbocycles. The van der Waals surface area contributed by atoms with Gasteiger partial charge in [0.05, 0.1) is 26.2 Å².